The number of benzene rings is 2. The third-order valence-corrected chi connectivity index (χ3v) is 5.20. The molecule has 0 aliphatic rings. The summed E-state index contributed by atoms with van der Waals surface area (Å²) in [4.78, 5) is 4.23. The lowest BCUT2D eigenvalue weighted by Crippen LogP contribution is -1.99. The topological polar surface area (TPSA) is 56.5 Å². The first-order valence-electron chi connectivity index (χ1n) is 6.37. The van der Waals surface area contributed by atoms with Crippen molar-refractivity contribution in [3.63, 3.8) is 0 Å². The van der Waals surface area contributed by atoms with Gasteiger partial charge in [-0.1, -0.05) is 59.3 Å². The maximum absolute atomic E-state index is 5.92. The van der Waals surface area contributed by atoms with E-state index in [0.717, 1.165) is 20.8 Å². The Balaban J connectivity index is 1.81. The quantitative estimate of drug-likeness (QED) is 0.560. The second kappa shape index (κ2) is 5.68. The van der Waals surface area contributed by atoms with Crippen LogP contribution in [0.1, 0.15) is 0 Å². The Bertz CT molecular complexity index is 944. The van der Waals surface area contributed by atoms with Crippen LogP contribution in [0.25, 0.3) is 16.5 Å². The normalized spacial score (nSPS) is 11.1. The Morgan fingerprint density at radius 2 is 1.95 bits per heavy atom. The van der Waals surface area contributed by atoms with Gasteiger partial charge >= 0.3 is 0 Å². The highest BCUT2D eigenvalue weighted by atomic mass is 35.5. The van der Waals surface area contributed by atoms with Gasteiger partial charge in [0.15, 0.2) is 4.34 Å². The van der Waals surface area contributed by atoms with Crippen molar-refractivity contribution in [3.05, 3.63) is 53.0 Å². The number of hydrogen-bond donors (Lipinski definition) is 0. The molecule has 0 aliphatic carbocycles. The van der Waals surface area contributed by atoms with Crippen molar-refractivity contribution in [2.24, 2.45) is 0 Å². The lowest BCUT2D eigenvalue weighted by atomic mass is 10.1. The first-order valence-corrected chi connectivity index (χ1v) is 8.38. The number of nitrogens with zero attached hydrogens (tertiary/aromatic N) is 5. The van der Waals surface area contributed by atoms with E-state index in [1.165, 1.54) is 23.1 Å². The van der Waals surface area contributed by atoms with Crippen molar-refractivity contribution in [2.75, 3.05) is 0 Å². The van der Waals surface area contributed by atoms with E-state index in [2.05, 4.69) is 38.7 Å². The number of hydrogen-bond acceptors (Lipinski definition) is 6. The average molecular weight is 346 g/mol. The molecular formula is C14H8ClN5S2. The fourth-order valence-electron chi connectivity index (χ4n) is 2.15. The summed E-state index contributed by atoms with van der Waals surface area (Å²) in [5.41, 5.74) is 0.938. The number of rotatable bonds is 3. The molecule has 0 saturated carbocycles. The molecule has 0 aliphatic heterocycles. The summed E-state index contributed by atoms with van der Waals surface area (Å²) < 4.78 is 3.18. The molecule has 22 heavy (non-hydrogen) atoms. The van der Waals surface area contributed by atoms with Crippen molar-refractivity contribution in [1.82, 2.24) is 25.2 Å². The highest BCUT2D eigenvalue weighted by molar-refractivity contribution is 8.00. The van der Waals surface area contributed by atoms with Gasteiger partial charge in [0.2, 0.25) is 5.16 Å². The van der Waals surface area contributed by atoms with Crippen LogP contribution in [-0.2, 0) is 0 Å². The largest absolute Gasteiger partial charge is 0.236 e. The molecule has 4 rings (SSSR count). The van der Waals surface area contributed by atoms with Gasteiger partial charge in [-0.15, -0.1) is 5.10 Å². The van der Waals surface area contributed by atoms with Gasteiger partial charge in [-0.2, -0.15) is 4.68 Å². The van der Waals surface area contributed by atoms with Crippen molar-refractivity contribution in [1.29, 1.82) is 0 Å². The second-order valence-corrected chi connectivity index (χ2v) is 7.28. The van der Waals surface area contributed by atoms with Gasteiger partial charge in [-0.25, -0.2) is 4.98 Å². The lowest BCUT2D eigenvalue weighted by molar-refractivity contribution is 0.761. The summed E-state index contributed by atoms with van der Waals surface area (Å²) in [5.74, 6) is 0. The highest BCUT2D eigenvalue weighted by Crippen LogP contribution is 2.33. The molecule has 0 unspecified atom stereocenters. The van der Waals surface area contributed by atoms with Crippen molar-refractivity contribution in [3.8, 4) is 5.69 Å². The summed E-state index contributed by atoms with van der Waals surface area (Å²) in [6.07, 6.45) is 1.63. The number of halogens is 1. The molecule has 5 nitrogen and oxygen atoms in total. The smallest absolute Gasteiger partial charge is 0.221 e. The Labute approximate surface area is 138 Å². The van der Waals surface area contributed by atoms with E-state index in [4.69, 9.17) is 11.6 Å². The number of thiazole rings is 1. The third-order valence-electron chi connectivity index (χ3n) is 3.07. The summed E-state index contributed by atoms with van der Waals surface area (Å²) in [5, 5.41) is 14.9. The highest BCUT2D eigenvalue weighted by Gasteiger charge is 2.14. The Hall–Kier alpha value is -1.96. The van der Waals surface area contributed by atoms with E-state index >= 15 is 0 Å². The van der Waals surface area contributed by atoms with E-state index in [0.29, 0.717) is 9.49 Å². The van der Waals surface area contributed by atoms with Crippen molar-refractivity contribution in [2.45, 2.75) is 9.50 Å². The predicted molar refractivity (Wildman–Crippen MR) is 87.9 cm³/mol. The maximum atomic E-state index is 5.92. The van der Waals surface area contributed by atoms with Crippen LogP contribution >= 0.6 is 34.7 Å². The van der Waals surface area contributed by atoms with Gasteiger partial charge in [0.05, 0.1) is 11.9 Å². The van der Waals surface area contributed by atoms with E-state index in [9.17, 15) is 0 Å². The van der Waals surface area contributed by atoms with E-state index in [1.54, 1.807) is 10.9 Å². The molecule has 108 valence electrons. The van der Waals surface area contributed by atoms with Gasteiger partial charge in [0.25, 0.3) is 0 Å². The minimum atomic E-state index is 0.645. The summed E-state index contributed by atoms with van der Waals surface area (Å²) in [6.45, 7) is 0. The first kappa shape index (κ1) is 13.7. The van der Waals surface area contributed by atoms with Crippen LogP contribution in [0.5, 0.6) is 0 Å². The Morgan fingerprint density at radius 3 is 2.82 bits per heavy atom. The fraction of sp³-hybridized carbons (Fsp3) is 0. The maximum Gasteiger partial charge on any atom is 0.221 e. The molecule has 0 spiro atoms. The zero-order valence-electron chi connectivity index (χ0n) is 11.0. The molecule has 0 atom stereocenters. The lowest BCUT2D eigenvalue weighted by Gasteiger charge is -2.07. The molecule has 0 saturated heterocycles. The van der Waals surface area contributed by atoms with Gasteiger partial charge < -0.3 is 0 Å². The number of aromatic nitrogens is 5. The molecule has 8 heteroatoms. The van der Waals surface area contributed by atoms with Crippen LogP contribution < -0.4 is 0 Å². The molecule has 0 radical (unpaired) electrons. The van der Waals surface area contributed by atoms with Gasteiger partial charge in [-0.05, 0) is 33.6 Å². The fourth-order valence-corrected chi connectivity index (χ4v) is 4.15. The molecule has 2 heterocycles. The van der Waals surface area contributed by atoms with E-state index in [1.807, 2.05) is 24.3 Å². The summed E-state index contributed by atoms with van der Waals surface area (Å²) in [7, 11) is 0. The summed E-state index contributed by atoms with van der Waals surface area (Å²) >= 11 is 8.72. The molecule has 0 N–H and O–H groups in total. The average Bonchev–Trinajstić information content (AvgIpc) is 3.16. The van der Waals surface area contributed by atoms with Crippen LogP contribution in [0, 0.1) is 0 Å². The summed E-state index contributed by atoms with van der Waals surface area (Å²) in [6, 6.07) is 14.2. The third kappa shape index (κ3) is 2.47. The minimum Gasteiger partial charge on any atom is -0.236 e. The van der Waals surface area contributed by atoms with Crippen molar-refractivity contribution < 1.29 is 0 Å². The zero-order chi connectivity index (χ0) is 14.9. The second-order valence-electron chi connectivity index (χ2n) is 4.40. The predicted octanol–water partition coefficient (Wildman–Crippen LogP) is 4.08. The van der Waals surface area contributed by atoms with Gasteiger partial charge in [0, 0.05) is 5.39 Å². The van der Waals surface area contributed by atoms with Crippen LogP contribution in [0.2, 0.25) is 4.34 Å². The van der Waals surface area contributed by atoms with E-state index < -0.39 is 0 Å². The standard InChI is InChI=1S/C14H8ClN5S2/c15-12-8-16-14(21-12)22-13-17-18-19-20(13)11-7-3-5-9-4-1-2-6-10(9)11/h1-8H. The Kier molecular flexibility index (Phi) is 3.53. The Morgan fingerprint density at radius 1 is 1.09 bits per heavy atom. The van der Waals surface area contributed by atoms with Crippen LogP contribution in [0.15, 0.2) is 58.2 Å². The van der Waals surface area contributed by atoms with E-state index in [-0.39, 0.29) is 0 Å². The number of tetrazole rings is 1. The molecular weight excluding hydrogens is 338 g/mol. The van der Waals surface area contributed by atoms with Crippen LogP contribution in [0.4, 0.5) is 0 Å². The molecule has 0 fully saturated rings. The first-order chi connectivity index (χ1) is 10.8. The number of fused-ring (bicyclic) bond motifs is 1. The van der Waals surface area contributed by atoms with Crippen molar-refractivity contribution >= 4 is 45.5 Å². The zero-order valence-corrected chi connectivity index (χ0v) is 13.4. The van der Waals surface area contributed by atoms with Gasteiger partial charge in [-0.3, -0.25) is 0 Å². The van der Waals surface area contributed by atoms with Crippen LogP contribution in [0.3, 0.4) is 0 Å². The minimum absolute atomic E-state index is 0.645. The van der Waals surface area contributed by atoms with Crippen LogP contribution in [-0.4, -0.2) is 25.2 Å². The molecule has 0 bridgehead atoms. The molecule has 2 aromatic heterocycles. The molecule has 4 aromatic rings. The SMILES string of the molecule is Clc1cnc(Sc2nnnn2-c2cccc3ccccc23)s1. The monoisotopic (exact) mass is 345 g/mol. The molecule has 0 amide bonds. The molecule has 2 aromatic carbocycles. The van der Waals surface area contributed by atoms with Gasteiger partial charge in [0.1, 0.15) is 4.34 Å².